The molecule has 168 valence electrons. The third-order valence-corrected chi connectivity index (χ3v) is 6.93. The van der Waals surface area contributed by atoms with Gasteiger partial charge in [-0.25, -0.2) is 4.98 Å². The van der Waals surface area contributed by atoms with Gasteiger partial charge in [-0.2, -0.15) is 18.3 Å². The minimum Gasteiger partial charge on any atom is -0.318 e. The zero-order valence-electron chi connectivity index (χ0n) is 18.0. The van der Waals surface area contributed by atoms with E-state index in [-0.39, 0.29) is 11.8 Å². The molecule has 1 N–H and O–H groups in total. The highest BCUT2D eigenvalue weighted by molar-refractivity contribution is 7.18. The molecule has 32 heavy (non-hydrogen) atoms. The number of hydrogen-bond donors (Lipinski definition) is 1. The van der Waals surface area contributed by atoms with Crippen LogP contribution < -0.4 is 5.32 Å². The molecule has 0 saturated heterocycles. The normalized spacial score (nSPS) is 14.1. The second-order valence-electron chi connectivity index (χ2n) is 7.91. The number of pyridine rings is 1. The van der Waals surface area contributed by atoms with Gasteiger partial charge in [0.15, 0.2) is 0 Å². The summed E-state index contributed by atoms with van der Waals surface area (Å²) in [6.07, 6.45) is 1.86. The largest absolute Gasteiger partial charge is 0.417 e. The first kappa shape index (κ1) is 22.4. The van der Waals surface area contributed by atoms with Crippen LogP contribution in [0.2, 0.25) is 0 Å². The quantitative estimate of drug-likeness (QED) is 0.385. The molecule has 4 rings (SSSR count). The molecule has 0 fully saturated rings. The number of nitrogens with zero attached hydrogens (tertiary/aromatic N) is 4. The highest BCUT2D eigenvalue weighted by Gasteiger charge is 2.31. The summed E-state index contributed by atoms with van der Waals surface area (Å²) in [6, 6.07) is 6.67. The number of halogens is 3. The van der Waals surface area contributed by atoms with Gasteiger partial charge in [-0.3, -0.25) is 9.67 Å². The number of aromatic nitrogens is 4. The van der Waals surface area contributed by atoms with E-state index >= 15 is 0 Å². The van der Waals surface area contributed by atoms with Crippen LogP contribution in [0.15, 0.2) is 49.1 Å². The average Bonchev–Trinajstić information content (AvgIpc) is 3.42. The number of benzene rings is 1. The van der Waals surface area contributed by atoms with Crippen molar-refractivity contribution in [3.05, 3.63) is 65.2 Å². The Morgan fingerprint density at radius 2 is 1.88 bits per heavy atom. The summed E-state index contributed by atoms with van der Waals surface area (Å²) in [4.78, 5) is 8.57. The number of rotatable bonds is 7. The van der Waals surface area contributed by atoms with Gasteiger partial charge in [0, 0.05) is 36.6 Å². The van der Waals surface area contributed by atoms with Crippen molar-refractivity contribution in [2.75, 3.05) is 13.6 Å². The molecule has 2 atom stereocenters. The lowest BCUT2D eigenvalue weighted by atomic mass is 9.91. The second-order valence-corrected chi connectivity index (χ2v) is 8.97. The topological polar surface area (TPSA) is 55.6 Å². The van der Waals surface area contributed by atoms with Gasteiger partial charge in [0.25, 0.3) is 0 Å². The lowest BCUT2D eigenvalue weighted by Gasteiger charge is -2.16. The van der Waals surface area contributed by atoms with Gasteiger partial charge in [-0.05, 0) is 42.3 Å². The predicted octanol–water partition coefficient (Wildman–Crippen LogP) is 5.70. The van der Waals surface area contributed by atoms with Crippen LogP contribution >= 0.6 is 11.3 Å². The maximum Gasteiger partial charge on any atom is 0.417 e. The molecule has 0 aliphatic rings. The fourth-order valence-electron chi connectivity index (χ4n) is 3.54. The van der Waals surface area contributed by atoms with E-state index in [2.05, 4.69) is 35.4 Å². The molecule has 5 nitrogen and oxygen atoms in total. The van der Waals surface area contributed by atoms with Crippen LogP contribution in [0, 0.1) is 0 Å². The van der Waals surface area contributed by atoms with E-state index in [4.69, 9.17) is 4.98 Å². The molecule has 9 heteroatoms. The first-order valence-corrected chi connectivity index (χ1v) is 11.2. The summed E-state index contributed by atoms with van der Waals surface area (Å²) in [5.41, 5.74) is 2.38. The van der Waals surface area contributed by atoms with Crippen LogP contribution in [0.25, 0.3) is 21.3 Å². The molecule has 3 heterocycles. The lowest BCUT2D eigenvalue weighted by molar-refractivity contribution is -0.137. The van der Waals surface area contributed by atoms with E-state index in [0.717, 1.165) is 46.1 Å². The third-order valence-electron chi connectivity index (χ3n) is 5.71. The fourth-order valence-corrected chi connectivity index (χ4v) is 4.70. The van der Waals surface area contributed by atoms with E-state index < -0.39 is 11.7 Å². The average molecular weight is 460 g/mol. The van der Waals surface area contributed by atoms with Crippen molar-refractivity contribution < 1.29 is 13.2 Å². The summed E-state index contributed by atoms with van der Waals surface area (Å²) >= 11 is 1.58. The fraction of sp³-hybridized carbons (Fsp3) is 0.348. The van der Waals surface area contributed by atoms with Crippen molar-refractivity contribution in [1.82, 2.24) is 25.1 Å². The first-order chi connectivity index (χ1) is 15.3. The van der Waals surface area contributed by atoms with Crippen molar-refractivity contribution in [1.29, 1.82) is 0 Å². The maximum atomic E-state index is 13.1. The number of alkyl halides is 3. The highest BCUT2D eigenvalue weighted by Crippen LogP contribution is 2.38. The molecule has 1 aromatic carbocycles. The third kappa shape index (κ3) is 4.68. The molecule has 2 unspecified atom stereocenters. The van der Waals surface area contributed by atoms with Crippen molar-refractivity contribution in [2.45, 2.75) is 38.4 Å². The van der Waals surface area contributed by atoms with Crippen LogP contribution in [0.1, 0.15) is 41.8 Å². The van der Waals surface area contributed by atoms with Crippen LogP contribution in [0.4, 0.5) is 13.2 Å². The van der Waals surface area contributed by atoms with Crippen molar-refractivity contribution in [3.8, 4) is 11.1 Å². The minimum absolute atomic E-state index is 0.174. The smallest absolute Gasteiger partial charge is 0.318 e. The number of fused-ring (bicyclic) bond motifs is 1. The molecule has 0 radical (unpaired) electrons. The molecule has 0 aliphatic heterocycles. The van der Waals surface area contributed by atoms with Gasteiger partial charge in [-0.1, -0.05) is 19.9 Å². The molecule has 3 aromatic heterocycles. The molecular weight excluding hydrogens is 435 g/mol. The summed E-state index contributed by atoms with van der Waals surface area (Å²) in [5, 5.41) is 8.55. The van der Waals surface area contributed by atoms with Crippen LogP contribution in [-0.4, -0.2) is 33.3 Å². The van der Waals surface area contributed by atoms with Gasteiger partial charge in [0.2, 0.25) is 0 Å². The lowest BCUT2D eigenvalue weighted by Crippen LogP contribution is -2.15. The number of nitrogens with one attached hydrogen (secondary N) is 1. The molecule has 0 bridgehead atoms. The summed E-state index contributed by atoms with van der Waals surface area (Å²) in [6.45, 7) is 5.97. The Kier molecular flexibility index (Phi) is 6.30. The minimum atomic E-state index is -4.42. The number of likely N-dealkylation sites (N-methyl/N-ethyl adjacent to an activating group) is 1. The zero-order valence-corrected chi connectivity index (χ0v) is 18.8. The predicted molar refractivity (Wildman–Crippen MR) is 121 cm³/mol. The van der Waals surface area contributed by atoms with Gasteiger partial charge < -0.3 is 5.32 Å². The van der Waals surface area contributed by atoms with E-state index in [1.807, 2.05) is 30.1 Å². The zero-order chi connectivity index (χ0) is 22.9. The molecule has 4 aromatic rings. The Labute approximate surface area is 188 Å². The Morgan fingerprint density at radius 3 is 2.62 bits per heavy atom. The van der Waals surface area contributed by atoms with Crippen LogP contribution in [-0.2, 0) is 12.7 Å². The van der Waals surface area contributed by atoms with Crippen molar-refractivity contribution in [2.24, 2.45) is 0 Å². The first-order valence-electron chi connectivity index (χ1n) is 10.4. The number of thiazole rings is 1. The molecular formula is C23H24F3N5S. The highest BCUT2D eigenvalue weighted by atomic mass is 32.1. The Balaban J connectivity index is 1.58. The summed E-state index contributed by atoms with van der Waals surface area (Å²) in [7, 11) is 1.91. The van der Waals surface area contributed by atoms with Crippen molar-refractivity contribution in [3.63, 3.8) is 0 Å². The van der Waals surface area contributed by atoms with E-state index in [1.165, 1.54) is 6.20 Å². The standard InChI is InChI=1S/C23H24F3N5S/c1-14(18-11-29-31(13-18)7-6-27-3)15(2)22-30-20-5-4-16(9-21(20)32-22)17-8-19(12-28-10-17)23(24,25)26/h4-5,8-15,27H,6-7H2,1-3H3. The van der Waals surface area contributed by atoms with Gasteiger partial charge in [0.1, 0.15) is 0 Å². The maximum absolute atomic E-state index is 13.1. The summed E-state index contributed by atoms with van der Waals surface area (Å²) < 4.78 is 42.0. The monoisotopic (exact) mass is 459 g/mol. The van der Waals surface area contributed by atoms with Gasteiger partial charge in [-0.15, -0.1) is 11.3 Å². The SMILES string of the molecule is CNCCn1cc(C(C)C(C)c2nc3ccc(-c4cncc(C(F)(F)F)c4)cc3s2)cn1. The molecule has 0 spiro atoms. The Hall–Kier alpha value is -2.78. The van der Waals surface area contributed by atoms with Crippen LogP contribution in [0.3, 0.4) is 0 Å². The van der Waals surface area contributed by atoms with Crippen molar-refractivity contribution >= 4 is 21.6 Å². The van der Waals surface area contributed by atoms with Gasteiger partial charge in [0.05, 0.1) is 33.5 Å². The second kappa shape index (κ2) is 8.99. The van der Waals surface area contributed by atoms with E-state index in [9.17, 15) is 13.2 Å². The summed E-state index contributed by atoms with van der Waals surface area (Å²) in [5.74, 6) is 0.402. The Bertz CT molecular complexity index is 1210. The van der Waals surface area contributed by atoms with Gasteiger partial charge >= 0.3 is 6.18 Å². The molecule has 0 amide bonds. The van der Waals surface area contributed by atoms with Crippen LogP contribution in [0.5, 0.6) is 0 Å². The number of hydrogen-bond acceptors (Lipinski definition) is 5. The molecule has 0 aliphatic carbocycles. The Morgan fingerprint density at radius 1 is 1.06 bits per heavy atom. The molecule has 0 saturated carbocycles. The van der Waals surface area contributed by atoms with E-state index in [1.54, 1.807) is 17.4 Å². The van der Waals surface area contributed by atoms with E-state index in [0.29, 0.717) is 11.1 Å².